The Hall–Kier alpha value is -2.89. The highest BCUT2D eigenvalue weighted by Gasteiger charge is 2.21. The van der Waals surface area contributed by atoms with Crippen LogP contribution < -0.4 is 10.5 Å². The van der Waals surface area contributed by atoms with Crippen LogP contribution in [0.3, 0.4) is 0 Å². The van der Waals surface area contributed by atoms with Gasteiger partial charge in [-0.15, -0.1) is 0 Å². The standard InChI is InChI=1S/C18H17ClF3N5O3/c19-15-5-13(24-18(23)25-15)16-9(6-27(26-16)17(21)22)4-11-12(20)2-1-3-14(11)30-8-10(29)7-28/h1-3,5-6,10,17,28-29H,4,7-8H2,(H2,23,24,25). The van der Waals surface area contributed by atoms with Crippen molar-refractivity contribution in [2.45, 2.75) is 19.1 Å². The molecule has 3 rings (SSSR count). The highest BCUT2D eigenvalue weighted by molar-refractivity contribution is 6.29. The summed E-state index contributed by atoms with van der Waals surface area (Å²) in [4.78, 5) is 7.69. The van der Waals surface area contributed by atoms with Gasteiger partial charge in [0.25, 0.3) is 0 Å². The molecule has 8 nitrogen and oxygen atoms in total. The smallest absolute Gasteiger partial charge is 0.333 e. The van der Waals surface area contributed by atoms with E-state index in [0.717, 1.165) is 6.20 Å². The van der Waals surface area contributed by atoms with E-state index in [9.17, 15) is 18.3 Å². The lowest BCUT2D eigenvalue weighted by molar-refractivity contribution is 0.0532. The van der Waals surface area contributed by atoms with Gasteiger partial charge in [-0.05, 0) is 12.1 Å². The monoisotopic (exact) mass is 443 g/mol. The maximum Gasteiger partial charge on any atom is 0.333 e. The minimum Gasteiger partial charge on any atom is -0.490 e. The van der Waals surface area contributed by atoms with Crippen LogP contribution >= 0.6 is 11.6 Å². The fraction of sp³-hybridized carbons (Fsp3) is 0.278. The Morgan fingerprint density at radius 2 is 2.03 bits per heavy atom. The van der Waals surface area contributed by atoms with Crippen LogP contribution in [0, 0.1) is 5.82 Å². The molecule has 4 N–H and O–H groups in total. The number of anilines is 1. The van der Waals surface area contributed by atoms with Gasteiger partial charge in [-0.1, -0.05) is 17.7 Å². The van der Waals surface area contributed by atoms with E-state index in [-0.39, 0.29) is 52.4 Å². The molecule has 12 heteroatoms. The molecule has 0 amide bonds. The third-order valence-corrected chi connectivity index (χ3v) is 4.24. The highest BCUT2D eigenvalue weighted by Crippen LogP contribution is 2.31. The lowest BCUT2D eigenvalue weighted by Gasteiger charge is -2.14. The number of nitrogens with two attached hydrogens (primary N) is 1. The molecule has 160 valence electrons. The van der Waals surface area contributed by atoms with Crippen molar-refractivity contribution in [3.8, 4) is 17.1 Å². The Labute approximate surface area is 173 Å². The fourth-order valence-electron chi connectivity index (χ4n) is 2.71. The zero-order valence-electron chi connectivity index (χ0n) is 15.3. The van der Waals surface area contributed by atoms with Crippen LogP contribution in [0.4, 0.5) is 19.1 Å². The molecular weight excluding hydrogens is 427 g/mol. The third-order valence-electron chi connectivity index (χ3n) is 4.05. The number of ether oxygens (including phenoxy) is 1. The minimum atomic E-state index is -2.94. The molecule has 1 unspecified atom stereocenters. The van der Waals surface area contributed by atoms with Crippen molar-refractivity contribution in [3.05, 3.63) is 52.6 Å². The minimum absolute atomic E-state index is 0.0112. The summed E-state index contributed by atoms with van der Waals surface area (Å²) in [5.41, 5.74) is 5.96. The number of aliphatic hydroxyl groups excluding tert-OH is 2. The number of hydrogen-bond donors (Lipinski definition) is 3. The van der Waals surface area contributed by atoms with E-state index < -0.39 is 25.1 Å². The second-order valence-electron chi connectivity index (χ2n) is 6.24. The first-order chi connectivity index (χ1) is 14.3. The SMILES string of the molecule is Nc1nc(Cl)cc(-c2nn(C(F)F)cc2Cc2c(F)cccc2OCC(O)CO)n1. The zero-order valence-corrected chi connectivity index (χ0v) is 16.1. The average Bonchev–Trinajstić information content (AvgIpc) is 3.11. The van der Waals surface area contributed by atoms with Crippen LogP contribution in [0.25, 0.3) is 11.4 Å². The van der Waals surface area contributed by atoms with Crippen molar-refractivity contribution >= 4 is 17.5 Å². The van der Waals surface area contributed by atoms with Crippen LogP contribution in [0.1, 0.15) is 17.7 Å². The molecule has 0 spiro atoms. The lowest BCUT2D eigenvalue weighted by Crippen LogP contribution is -2.21. The highest BCUT2D eigenvalue weighted by atomic mass is 35.5. The lowest BCUT2D eigenvalue weighted by atomic mass is 10.0. The summed E-state index contributed by atoms with van der Waals surface area (Å²) in [5, 5.41) is 22.2. The molecule has 0 saturated heterocycles. The van der Waals surface area contributed by atoms with Gasteiger partial charge in [0.2, 0.25) is 5.95 Å². The molecule has 2 aromatic heterocycles. The zero-order chi connectivity index (χ0) is 21.8. The van der Waals surface area contributed by atoms with E-state index in [1.54, 1.807) is 0 Å². The molecule has 0 bridgehead atoms. The van der Waals surface area contributed by atoms with Gasteiger partial charge in [0, 0.05) is 29.8 Å². The summed E-state index contributed by atoms with van der Waals surface area (Å²) >= 11 is 5.88. The van der Waals surface area contributed by atoms with Gasteiger partial charge < -0.3 is 20.7 Å². The molecule has 0 aliphatic carbocycles. The third kappa shape index (κ3) is 4.99. The Balaban J connectivity index is 2.03. The Bertz CT molecular complexity index is 1010. The molecule has 3 aromatic rings. The molecule has 0 saturated carbocycles. The number of benzene rings is 1. The van der Waals surface area contributed by atoms with Crippen LogP contribution in [0.2, 0.25) is 5.15 Å². The number of nitrogen functional groups attached to an aromatic ring is 1. The van der Waals surface area contributed by atoms with Crippen molar-refractivity contribution in [3.63, 3.8) is 0 Å². The summed E-state index contributed by atoms with van der Waals surface area (Å²) in [6.45, 7) is -3.76. The van der Waals surface area contributed by atoms with E-state index in [0.29, 0.717) is 4.68 Å². The van der Waals surface area contributed by atoms with Gasteiger partial charge in [-0.25, -0.2) is 19.0 Å². The van der Waals surface area contributed by atoms with Crippen molar-refractivity contribution in [1.29, 1.82) is 0 Å². The number of aromatic nitrogens is 4. The van der Waals surface area contributed by atoms with E-state index in [4.69, 9.17) is 27.2 Å². The van der Waals surface area contributed by atoms with Crippen LogP contribution in [-0.4, -0.2) is 49.3 Å². The van der Waals surface area contributed by atoms with Crippen molar-refractivity contribution in [1.82, 2.24) is 19.7 Å². The maximum atomic E-state index is 14.5. The molecule has 0 fully saturated rings. The Kier molecular flexibility index (Phi) is 6.75. The van der Waals surface area contributed by atoms with Crippen LogP contribution in [0.15, 0.2) is 30.5 Å². The van der Waals surface area contributed by atoms with Crippen molar-refractivity contribution < 1.29 is 28.1 Å². The Morgan fingerprint density at radius 1 is 1.27 bits per heavy atom. The summed E-state index contributed by atoms with van der Waals surface area (Å²) in [5.74, 6) is -0.747. The molecular formula is C18H17ClF3N5O3. The second kappa shape index (κ2) is 9.28. The van der Waals surface area contributed by atoms with Crippen molar-refractivity contribution in [2.75, 3.05) is 18.9 Å². The maximum absolute atomic E-state index is 14.5. The summed E-state index contributed by atoms with van der Waals surface area (Å²) in [7, 11) is 0. The molecule has 2 heterocycles. The predicted molar refractivity (Wildman–Crippen MR) is 102 cm³/mol. The Morgan fingerprint density at radius 3 is 2.70 bits per heavy atom. The first kappa shape index (κ1) is 21.8. The molecule has 30 heavy (non-hydrogen) atoms. The molecule has 0 aliphatic rings. The van der Waals surface area contributed by atoms with Gasteiger partial charge in [0.05, 0.1) is 12.3 Å². The van der Waals surface area contributed by atoms with Crippen molar-refractivity contribution in [2.24, 2.45) is 0 Å². The largest absolute Gasteiger partial charge is 0.490 e. The van der Waals surface area contributed by atoms with Crippen LogP contribution in [0.5, 0.6) is 5.75 Å². The van der Waals surface area contributed by atoms with Gasteiger partial charge in [0.15, 0.2) is 0 Å². The van der Waals surface area contributed by atoms with Gasteiger partial charge >= 0.3 is 6.55 Å². The van der Waals surface area contributed by atoms with Crippen LogP contribution in [-0.2, 0) is 6.42 Å². The number of aliphatic hydroxyl groups is 2. The van der Waals surface area contributed by atoms with E-state index in [1.165, 1.54) is 24.3 Å². The number of alkyl halides is 2. The van der Waals surface area contributed by atoms with E-state index >= 15 is 0 Å². The van der Waals surface area contributed by atoms with E-state index in [1.807, 2.05) is 0 Å². The molecule has 0 aliphatic heterocycles. The topological polar surface area (TPSA) is 119 Å². The van der Waals surface area contributed by atoms with Gasteiger partial charge in [-0.2, -0.15) is 13.9 Å². The van der Waals surface area contributed by atoms with Gasteiger partial charge in [0.1, 0.15) is 35.1 Å². The quantitative estimate of drug-likeness (QED) is 0.457. The predicted octanol–water partition coefficient (Wildman–Crippen LogP) is 2.43. The van der Waals surface area contributed by atoms with E-state index in [2.05, 4.69) is 15.1 Å². The fourth-order valence-corrected chi connectivity index (χ4v) is 2.90. The first-order valence-electron chi connectivity index (χ1n) is 8.64. The molecule has 0 radical (unpaired) electrons. The summed E-state index contributed by atoms with van der Waals surface area (Å²) < 4.78 is 46.8. The first-order valence-corrected chi connectivity index (χ1v) is 9.02. The summed E-state index contributed by atoms with van der Waals surface area (Å²) in [6.07, 6.45) is -0.282. The number of nitrogens with zero attached hydrogens (tertiary/aromatic N) is 4. The number of halogens is 4. The number of rotatable bonds is 8. The second-order valence-corrected chi connectivity index (χ2v) is 6.62. The summed E-state index contributed by atoms with van der Waals surface area (Å²) in [6, 6.07) is 5.34. The average molecular weight is 444 g/mol. The molecule has 1 atom stereocenters. The normalized spacial score (nSPS) is 12.4. The van der Waals surface area contributed by atoms with Gasteiger partial charge in [-0.3, -0.25) is 0 Å². The number of hydrogen-bond acceptors (Lipinski definition) is 7. The molecule has 1 aromatic carbocycles.